The Kier molecular flexibility index (Phi) is 4.29. The summed E-state index contributed by atoms with van der Waals surface area (Å²) in [6.45, 7) is 0. The molecule has 0 aliphatic carbocycles. The zero-order valence-electron chi connectivity index (χ0n) is 9.53. The van der Waals surface area contributed by atoms with Crippen molar-refractivity contribution in [2.45, 2.75) is 6.42 Å². The predicted molar refractivity (Wildman–Crippen MR) is 70.8 cm³/mol. The molecule has 4 nitrogen and oxygen atoms in total. The number of aromatic nitrogens is 2. The first-order chi connectivity index (χ1) is 9.02. The van der Waals surface area contributed by atoms with Gasteiger partial charge < -0.3 is 5.32 Å². The number of benzene rings is 1. The fourth-order valence-electron chi connectivity index (χ4n) is 1.47. The van der Waals surface area contributed by atoms with E-state index in [0.29, 0.717) is 5.56 Å². The van der Waals surface area contributed by atoms with Crippen LogP contribution in [0.15, 0.2) is 30.3 Å². The number of carbonyl (C=O) groups is 1. The molecule has 0 bridgehead atoms. The molecular formula is C12H8Cl2FN3O. The van der Waals surface area contributed by atoms with Gasteiger partial charge in [0.2, 0.25) is 11.2 Å². The lowest BCUT2D eigenvalue weighted by Gasteiger charge is -2.05. The van der Waals surface area contributed by atoms with E-state index in [4.69, 9.17) is 23.2 Å². The summed E-state index contributed by atoms with van der Waals surface area (Å²) in [5, 5.41) is 2.57. The number of halogens is 3. The Morgan fingerprint density at radius 3 is 2.74 bits per heavy atom. The lowest BCUT2D eigenvalue weighted by Crippen LogP contribution is -2.15. The Morgan fingerprint density at radius 1 is 1.26 bits per heavy atom. The quantitative estimate of drug-likeness (QED) is 0.700. The van der Waals surface area contributed by atoms with Crippen molar-refractivity contribution < 1.29 is 9.18 Å². The van der Waals surface area contributed by atoms with Gasteiger partial charge in [-0.05, 0) is 29.3 Å². The number of hydrogen-bond donors (Lipinski definition) is 1. The Hall–Kier alpha value is -1.72. The molecule has 1 aromatic carbocycles. The summed E-state index contributed by atoms with van der Waals surface area (Å²) < 4.78 is 13.0. The van der Waals surface area contributed by atoms with Crippen molar-refractivity contribution in [3.63, 3.8) is 0 Å². The van der Waals surface area contributed by atoms with Crippen molar-refractivity contribution >= 4 is 34.9 Å². The smallest absolute Gasteiger partial charge is 0.229 e. The van der Waals surface area contributed by atoms with E-state index in [0.717, 1.165) is 0 Å². The van der Waals surface area contributed by atoms with Crippen LogP contribution >= 0.6 is 23.2 Å². The number of nitrogens with one attached hydrogen (secondary N) is 1. The molecule has 0 saturated carbocycles. The summed E-state index contributed by atoms with van der Waals surface area (Å²) in [6, 6.07) is 7.17. The van der Waals surface area contributed by atoms with Gasteiger partial charge in [0.1, 0.15) is 16.8 Å². The highest BCUT2D eigenvalue weighted by Gasteiger charge is 2.07. The summed E-state index contributed by atoms with van der Waals surface area (Å²) >= 11 is 11.3. The molecule has 0 aliphatic heterocycles. The first-order valence-electron chi connectivity index (χ1n) is 5.27. The number of amides is 1. The van der Waals surface area contributed by atoms with Gasteiger partial charge >= 0.3 is 0 Å². The maximum atomic E-state index is 13.0. The van der Waals surface area contributed by atoms with Crippen LogP contribution in [0.3, 0.4) is 0 Å². The summed E-state index contributed by atoms with van der Waals surface area (Å²) in [5.74, 6) is -0.540. The summed E-state index contributed by atoms with van der Waals surface area (Å²) in [6.07, 6.45) is 0.0248. The molecular weight excluding hydrogens is 292 g/mol. The first kappa shape index (κ1) is 13.7. The van der Waals surface area contributed by atoms with E-state index in [2.05, 4.69) is 15.3 Å². The maximum Gasteiger partial charge on any atom is 0.229 e. The second kappa shape index (κ2) is 5.95. The van der Waals surface area contributed by atoms with Gasteiger partial charge in [-0.25, -0.2) is 14.4 Å². The molecule has 0 fully saturated rings. The monoisotopic (exact) mass is 299 g/mol. The van der Waals surface area contributed by atoms with Gasteiger partial charge in [-0.2, -0.15) is 0 Å². The van der Waals surface area contributed by atoms with Crippen LogP contribution in [0.25, 0.3) is 0 Å². The second-order valence-corrected chi connectivity index (χ2v) is 4.43. The third kappa shape index (κ3) is 4.15. The minimum Gasteiger partial charge on any atom is -0.310 e. The van der Waals surface area contributed by atoms with E-state index in [9.17, 15) is 9.18 Å². The van der Waals surface area contributed by atoms with Gasteiger partial charge in [0, 0.05) is 6.07 Å². The third-order valence-corrected chi connectivity index (χ3v) is 2.55. The van der Waals surface area contributed by atoms with Crippen LogP contribution in [0.4, 0.5) is 10.2 Å². The molecule has 19 heavy (non-hydrogen) atoms. The van der Waals surface area contributed by atoms with Crippen LogP contribution < -0.4 is 5.32 Å². The summed E-state index contributed by atoms with van der Waals surface area (Å²) in [4.78, 5) is 19.2. The number of nitrogens with zero attached hydrogens (tertiary/aromatic N) is 2. The van der Waals surface area contributed by atoms with E-state index in [1.54, 1.807) is 6.07 Å². The highest BCUT2D eigenvalue weighted by atomic mass is 35.5. The van der Waals surface area contributed by atoms with Gasteiger partial charge in [-0.15, -0.1) is 0 Å². The van der Waals surface area contributed by atoms with Crippen LogP contribution in [0.1, 0.15) is 5.56 Å². The van der Waals surface area contributed by atoms with Crippen molar-refractivity contribution in [3.8, 4) is 0 Å². The van der Waals surface area contributed by atoms with Crippen molar-refractivity contribution in [1.29, 1.82) is 0 Å². The zero-order chi connectivity index (χ0) is 13.8. The van der Waals surface area contributed by atoms with Crippen LogP contribution in [0.5, 0.6) is 0 Å². The van der Waals surface area contributed by atoms with Crippen molar-refractivity contribution in [3.05, 3.63) is 52.1 Å². The molecule has 0 radical (unpaired) electrons. The van der Waals surface area contributed by atoms with E-state index < -0.39 is 5.82 Å². The highest BCUT2D eigenvalue weighted by Crippen LogP contribution is 2.14. The lowest BCUT2D eigenvalue weighted by atomic mass is 10.1. The first-order valence-corrected chi connectivity index (χ1v) is 6.03. The van der Waals surface area contributed by atoms with Gasteiger partial charge in [-0.3, -0.25) is 4.79 Å². The Bertz CT molecular complexity index is 601. The number of rotatable bonds is 3. The molecule has 0 saturated heterocycles. The lowest BCUT2D eigenvalue weighted by molar-refractivity contribution is -0.115. The van der Waals surface area contributed by atoms with E-state index in [-0.39, 0.29) is 28.6 Å². The molecule has 0 aliphatic rings. The van der Waals surface area contributed by atoms with Gasteiger partial charge in [0.25, 0.3) is 0 Å². The Balaban J connectivity index is 2.05. The fraction of sp³-hybridized carbons (Fsp3) is 0.0833. The molecule has 1 amide bonds. The molecule has 0 spiro atoms. The topological polar surface area (TPSA) is 54.9 Å². The van der Waals surface area contributed by atoms with Crippen LogP contribution in [-0.2, 0) is 11.2 Å². The Morgan fingerprint density at radius 2 is 2.05 bits per heavy atom. The minimum absolute atomic E-state index is 0.0248. The van der Waals surface area contributed by atoms with Gasteiger partial charge in [0.05, 0.1) is 6.42 Å². The molecule has 1 N–H and O–H groups in total. The minimum atomic E-state index is -0.390. The summed E-state index contributed by atoms with van der Waals surface area (Å²) in [7, 11) is 0. The predicted octanol–water partition coefficient (Wildman–Crippen LogP) is 3.10. The summed E-state index contributed by atoms with van der Waals surface area (Å²) in [5.41, 5.74) is 0.559. The average Bonchev–Trinajstić information content (AvgIpc) is 2.26. The standard InChI is InChI=1S/C12H8Cl2FN3O/c13-9-6-10(18-12(14)16-9)17-11(19)5-7-2-1-3-8(15)4-7/h1-4,6H,5H2,(H,16,17,18,19). The highest BCUT2D eigenvalue weighted by molar-refractivity contribution is 6.32. The number of anilines is 1. The van der Waals surface area contributed by atoms with E-state index >= 15 is 0 Å². The Labute approximate surface area is 118 Å². The van der Waals surface area contributed by atoms with Crippen LogP contribution in [-0.4, -0.2) is 15.9 Å². The second-order valence-electron chi connectivity index (χ2n) is 3.70. The molecule has 98 valence electrons. The number of carbonyl (C=O) groups excluding carboxylic acids is 1. The number of hydrogen-bond acceptors (Lipinski definition) is 3. The van der Waals surface area contributed by atoms with Crippen molar-refractivity contribution in [2.75, 3.05) is 5.32 Å². The van der Waals surface area contributed by atoms with E-state index in [1.165, 1.54) is 24.3 Å². The average molecular weight is 300 g/mol. The van der Waals surface area contributed by atoms with E-state index in [1.807, 2.05) is 0 Å². The van der Waals surface area contributed by atoms with Crippen LogP contribution in [0, 0.1) is 5.82 Å². The van der Waals surface area contributed by atoms with Crippen molar-refractivity contribution in [1.82, 2.24) is 9.97 Å². The molecule has 2 rings (SSSR count). The fourth-order valence-corrected chi connectivity index (χ4v) is 1.88. The third-order valence-electron chi connectivity index (χ3n) is 2.19. The maximum absolute atomic E-state index is 13.0. The largest absolute Gasteiger partial charge is 0.310 e. The zero-order valence-corrected chi connectivity index (χ0v) is 11.0. The molecule has 7 heteroatoms. The SMILES string of the molecule is O=C(Cc1cccc(F)c1)Nc1cc(Cl)nc(Cl)n1. The molecule has 1 heterocycles. The molecule has 2 aromatic rings. The van der Waals surface area contributed by atoms with Crippen LogP contribution in [0.2, 0.25) is 10.4 Å². The molecule has 0 atom stereocenters. The van der Waals surface area contributed by atoms with Gasteiger partial charge in [0.15, 0.2) is 0 Å². The molecule has 1 aromatic heterocycles. The normalized spacial score (nSPS) is 10.3. The molecule has 0 unspecified atom stereocenters. The van der Waals surface area contributed by atoms with Gasteiger partial charge in [-0.1, -0.05) is 23.7 Å². The van der Waals surface area contributed by atoms with Crippen molar-refractivity contribution in [2.24, 2.45) is 0 Å².